The van der Waals surface area contributed by atoms with Gasteiger partial charge in [-0.3, -0.25) is 0 Å². The van der Waals surface area contributed by atoms with Crippen molar-refractivity contribution in [3.8, 4) is 0 Å². The molecule has 1 fully saturated rings. The molecule has 1 saturated carbocycles. The van der Waals surface area contributed by atoms with Crippen LogP contribution in [0.1, 0.15) is 126 Å². The largest absolute Gasteiger partial charge is 0.0985 e. The van der Waals surface area contributed by atoms with Crippen molar-refractivity contribution in [1.29, 1.82) is 0 Å². The molecule has 1 aromatic rings. The van der Waals surface area contributed by atoms with Crippen LogP contribution < -0.4 is 0 Å². The Bertz CT molecular complexity index is 665. The summed E-state index contributed by atoms with van der Waals surface area (Å²) in [6.45, 7) is 26.8. The van der Waals surface area contributed by atoms with Crippen LogP contribution >= 0.6 is 0 Å². The molecule has 194 valence electrons. The topological polar surface area (TPSA) is 0 Å². The van der Waals surface area contributed by atoms with E-state index >= 15 is 0 Å². The van der Waals surface area contributed by atoms with Gasteiger partial charge in [-0.1, -0.05) is 162 Å². The van der Waals surface area contributed by atoms with Crippen LogP contribution in [0.3, 0.4) is 0 Å². The lowest BCUT2D eigenvalue weighted by Crippen LogP contribution is -2.28. The van der Waals surface area contributed by atoms with Crippen molar-refractivity contribution in [3.63, 3.8) is 0 Å². The van der Waals surface area contributed by atoms with Gasteiger partial charge in [-0.25, -0.2) is 0 Å². The first-order valence-corrected chi connectivity index (χ1v) is 13.9. The fourth-order valence-electron chi connectivity index (χ4n) is 4.23. The molecule has 0 atom stereocenters. The van der Waals surface area contributed by atoms with Crippen molar-refractivity contribution in [2.45, 2.75) is 126 Å². The molecule has 0 unspecified atom stereocenters. The normalized spacial score (nSPS) is 15.0. The van der Waals surface area contributed by atoms with E-state index < -0.39 is 0 Å². The van der Waals surface area contributed by atoms with Gasteiger partial charge in [-0.05, 0) is 53.7 Å². The summed E-state index contributed by atoms with van der Waals surface area (Å²) in [5, 5.41) is 0. The summed E-state index contributed by atoms with van der Waals surface area (Å²) in [6, 6.07) is 11.2. The highest BCUT2D eigenvalue weighted by Gasteiger charge is 2.32. The Hall–Kier alpha value is -1.82. The molecule has 1 aliphatic carbocycles. The Morgan fingerprint density at radius 3 is 1.79 bits per heavy atom. The average molecular weight is 467 g/mol. The predicted octanol–water partition coefficient (Wildman–Crippen LogP) is 11.8. The first-order valence-electron chi connectivity index (χ1n) is 13.9. The third-order valence-electron chi connectivity index (χ3n) is 6.34. The lowest BCUT2D eigenvalue weighted by molar-refractivity contribution is 0.271. The minimum atomic E-state index is 0.201. The second-order valence-electron chi connectivity index (χ2n) is 10.1. The molecule has 0 aromatic heterocycles. The summed E-state index contributed by atoms with van der Waals surface area (Å²) >= 11 is 0. The Morgan fingerprint density at radius 1 is 0.882 bits per heavy atom. The van der Waals surface area contributed by atoms with Crippen LogP contribution in [-0.2, 0) is 5.41 Å². The van der Waals surface area contributed by atoms with Crippen LogP contribution in [0.15, 0.2) is 78.9 Å². The van der Waals surface area contributed by atoms with Gasteiger partial charge in [0.1, 0.15) is 0 Å². The van der Waals surface area contributed by atoms with Crippen LogP contribution in [0.5, 0.6) is 0 Å². The van der Waals surface area contributed by atoms with E-state index in [9.17, 15) is 0 Å². The van der Waals surface area contributed by atoms with Gasteiger partial charge in [0.2, 0.25) is 0 Å². The van der Waals surface area contributed by atoms with Gasteiger partial charge in [0.15, 0.2) is 0 Å². The first-order chi connectivity index (χ1) is 16.2. The van der Waals surface area contributed by atoms with Gasteiger partial charge in [0, 0.05) is 0 Å². The molecule has 0 spiro atoms. The fourth-order valence-corrected chi connectivity index (χ4v) is 4.23. The van der Waals surface area contributed by atoms with Gasteiger partial charge >= 0.3 is 0 Å². The van der Waals surface area contributed by atoms with E-state index in [1.165, 1.54) is 63.4 Å². The minimum absolute atomic E-state index is 0.201. The summed E-state index contributed by atoms with van der Waals surface area (Å²) in [5.41, 5.74) is 4.58. The van der Waals surface area contributed by atoms with E-state index in [-0.39, 0.29) is 5.41 Å². The Balaban J connectivity index is 0. The molecular weight excluding hydrogens is 408 g/mol. The smallest absolute Gasteiger partial charge is 0.00471 e. The molecule has 1 aromatic carbocycles. The quantitative estimate of drug-likeness (QED) is 0.350. The van der Waals surface area contributed by atoms with Gasteiger partial charge in [0.25, 0.3) is 0 Å². The van der Waals surface area contributed by atoms with Crippen molar-refractivity contribution in [1.82, 2.24) is 0 Å². The molecule has 0 bridgehead atoms. The maximum Gasteiger partial charge on any atom is -0.00471 e. The monoisotopic (exact) mass is 466 g/mol. The van der Waals surface area contributed by atoms with E-state index in [1.807, 2.05) is 19.9 Å². The van der Waals surface area contributed by atoms with Crippen molar-refractivity contribution in [2.24, 2.45) is 5.41 Å². The standard InChI is InChI=1S/C15H22.C13H20.C4H10.C2H6/c1-2-11-15(12-7-4-8-13-15)14-9-5-3-6-10-14;1-7-11(3)9-10-12(8-2)13(4,5)6;1-3-4-2;1-2/h3,5-6,9-10H,2,4,7-8,11-13H2,1H3;7-10H,1,3H2,2,4-6H3;3-4H2,1-2H3;1-2H3/b;10-9-,12-8+;;. The zero-order chi connectivity index (χ0) is 26.5. The number of hydrogen-bond donors (Lipinski definition) is 0. The third kappa shape index (κ3) is 14.4. The Labute approximate surface area is 215 Å². The van der Waals surface area contributed by atoms with E-state index in [0.29, 0.717) is 5.41 Å². The van der Waals surface area contributed by atoms with Gasteiger partial charge in [0.05, 0.1) is 0 Å². The number of allylic oxidation sites excluding steroid dienone is 6. The van der Waals surface area contributed by atoms with Gasteiger partial charge < -0.3 is 0 Å². The van der Waals surface area contributed by atoms with E-state index in [1.54, 1.807) is 11.6 Å². The number of unbranched alkanes of at least 4 members (excludes halogenated alkanes) is 1. The maximum atomic E-state index is 3.83. The average Bonchev–Trinajstić information content (AvgIpc) is 2.86. The van der Waals surface area contributed by atoms with Crippen molar-refractivity contribution >= 4 is 0 Å². The van der Waals surface area contributed by atoms with E-state index in [0.717, 1.165) is 5.57 Å². The second-order valence-corrected chi connectivity index (χ2v) is 10.1. The van der Waals surface area contributed by atoms with Gasteiger partial charge in [-0.2, -0.15) is 0 Å². The van der Waals surface area contributed by atoms with Crippen LogP contribution in [0.2, 0.25) is 0 Å². The van der Waals surface area contributed by atoms with Gasteiger partial charge in [-0.15, -0.1) is 0 Å². The van der Waals surface area contributed by atoms with Crippen LogP contribution in [0.4, 0.5) is 0 Å². The molecular formula is C34H58. The maximum absolute atomic E-state index is 3.83. The highest BCUT2D eigenvalue weighted by Crippen LogP contribution is 2.42. The van der Waals surface area contributed by atoms with E-state index in [4.69, 9.17) is 0 Å². The highest BCUT2D eigenvalue weighted by atomic mass is 14.4. The number of hydrogen-bond acceptors (Lipinski definition) is 0. The molecule has 0 amide bonds. The highest BCUT2D eigenvalue weighted by molar-refractivity contribution is 5.33. The van der Waals surface area contributed by atoms with Crippen LogP contribution in [0.25, 0.3) is 0 Å². The Morgan fingerprint density at radius 2 is 1.41 bits per heavy atom. The van der Waals surface area contributed by atoms with Crippen molar-refractivity contribution < 1.29 is 0 Å². The Kier molecular flexibility index (Phi) is 20.8. The molecule has 0 radical (unpaired) electrons. The molecule has 0 aliphatic heterocycles. The molecule has 1 aliphatic rings. The van der Waals surface area contributed by atoms with Crippen molar-refractivity contribution in [2.75, 3.05) is 0 Å². The molecule has 0 heterocycles. The summed E-state index contributed by atoms with van der Waals surface area (Å²) < 4.78 is 0. The summed E-state index contributed by atoms with van der Waals surface area (Å²) in [7, 11) is 0. The molecule has 0 saturated heterocycles. The zero-order valence-corrected chi connectivity index (χ0v) is 24.5. The molecule has 0 heteroatoms. The summed E-state index contributed by atoms with van der Waals surface area (Å²) in [6.07, 6.45) is 20.4. The van der Waals surface area contributed by atoms with Crippen molar-refractivity contribution in [3.05, 3.63) is 84.5 Å². The third-order valence-corrected chi connectivity index (χ3v) is 6.34. The van der Waals surface area contributed by atoms with Crippen LogP contribution in [0, 0.1) is 5.41 Å². The molecule has 34 heavy (non-hydrogen) atoms. The lowest BCUT2D eigenvalue weighted by Gasteiger charge is -2.38. The molecule has 0 nitrogen and oxygen atoms in total. The fraction of sp³-hybridized carbons (Fsp3) is 0.588. The number of benzene rings is 1. The SMILES string of the molecule is C=CC(=C)/C=C\C(=C/C)C(C)(C)C.CC.CCCC.CCCC1(c2ccccc2)CCCCC1. The van der Waals surface area contributed by atoms with Crippen LogP contribution in [-0.4, -0.2) is 0 Å². The van der Waals surface area contributed by atoms with E-state index in [2.05, 4.69) is 104 Å². The molecule has 2 rings (SSSR count). The number of rotatable bonds is 7. The second kappa shape index (κ2) is 20.5. The first kappa shape index (κ1) is 34.3. The molecule has 0 N–H and O–H groups in total. The summed E-state index contributed by atoms with van der Waals surface area (Å²) in [4.78, 5) is 0. The summed E-state index contributed by atoms with van der Waals surface area (Å²) in [5.74, 6) is 0. The zero-order valence-electron chi connectivity index (χ0n) is 24.5. The minimum Gasteiger partial charge on any atom is -0.0985 e. The predicted molar refractivity (Wildman–Crippen MR) is 160 cm³/mol. The lowest BCUT2D eigenvalue weighted by atomic mass is 9.67.